The van der Waals surface area contributed by atoms with E-state index in [1.807, 2.05) is 0 Å². The largest absolute Gasteiger partial charge is 0.394 e. The Morgan fingerprint density at radius 3 is 2.53 bits per heavy atom. The van der Waals surface area contributed by atoms with Gasteiger partial charge in [0.1, 0.15) is 17.3 Å². The van der Waals surface area contributed by atoms with E-state index < -0.39 is 23.2 Å². The fourth-order valence-electron chi connectivity index (χ4n) is 1.23. The summed E-state index contributed by atoms with van der Waals surface area (Å²) in [5.74, 6) is -2.45. The number of halogens is 2. The highest BCUT2D eigenvalue weighted by Gasteiger charge is 2.13. The Labute approximate surface area is 94.7 Å². The first-order valence-electron chi connectivity index (χ1n) is 4.63. The number of carbonyl (C=O) groups excluding carboxylic acids is 1. The predicted molar refractivity (Wildman–Crippen MR) is 57.3 cm³/mol. The van der Waals surface area contributed by atoms with Crippen molar-refractivity contribution in [3.63, 3.8) is 0 Å². The molecule has 7 heteroatoms. The molecule has 0 saturated heterocycles. The van der Waals surface area contributed by atoms with Gasteiger partial charge in [0, 0.05) is 18.0 Å². The van der Waals surface area contributed by atoms with Crippen molar-refractivity contribution >= 4 is 17.5 Å². The molecule has 0 aliphatic heterocycles. The topological polar surface area (TPSA) is 83.8 Å². The third kappa shape index (κ3) is 2.22. The second-order valence-corrected chi connectivity index (χ2v) is 3.25. The molecule has 5 nitrogen and oxygen atoms in total. The first-order valence-corrected chi connectivity index (χ1v) is 4.63. The van der Waals surface area contributed by atoms with Crippen molar-refractivity contribution in [2.75, 3.05) is 11.1 Å². The highest BCUT2D eigenvalue weighted by Crippen LogP contribution is 2.17. The zero-order valence-corrected chi connectivity index (χ0v) is 8.50. The lowest BCUT2D eigenvalue weighted by Crippen LogP contribution is -2.14. The van der Waals surface area contributed by atoms with Crippen LogP contribution in [-0.4, -0.2) is 15.9 Å². The third-order valence-electron chi connectivity index (χ3n) is 2.07. The van der Waals surface area contributed by atoms with Crippen molar-refractivity contribution in [1.29, 1.82) is 0 Å². The molecule has 4 N–H and O–H groups in total. The Balaban J connectivity index is 2.26. The molecule has 0 spiro atoms. The minimum absolute atomic E-state index is 0.175. The quantitative estimate of drug-likeness (QED) is 0.693. The number of rotatable bonds is 2. The summed E-state index contributed by atoms with van der Waals surface area (Å²) in [7, 11) is 0. The van der Waals surface area contributed by atoms with Crippen LogP contribution >= 0.6 is 0 Å². The SMILES string of the molecule is Nc1c(F)cc(C(=O)Nc2ncc[nH]2)cc1F. The van der Waals surface area contributed by atoms with Gasteiger partial charge in [0.05, 0.1) is 0 Å². The number of benzene rings is 1. The van der Waals surface area contributed by atoms with E-state index >= 15 is 0 Å². The monoisotopic (exact) mass is 238 g/mol. The maximum Gasteiger partial charge on any atom is 0.258 e. The molecule has 0 atom stereocenters. The summed E-state index contributed by atoms with van der Waals surface area (Å²) in [6, 6.07) is 1.72. The molecule has 17 heavy (non-hydrogen) atoms. The summed E-state index contributed by atoms with van der Waals surface area (Å²) >= 11 is 0. The molecule has 0 aliphatic carbocycles. The molecule has 1 amide bonds. The predicted octanol–water partition coefficient (Wildman–Crippen LogP) is 1.52. The second-order valence-electron chi connectivity index (χ2n) is 3.25. The van der Waals surface area contributed by atoms with Crippen molar-refractivity contribution in [3.05, 3.63) is 41.7 Å². The smallest absolute Gasteiger partial charge is 0.258 e. The van der Waals surface area contributed by atoms with E-state index in [1.54, 1.807) is 0 Å². The van der Waals surface area contributed by atoms with E-state index in [0.717, 1.165) is 12.1 Å². The minimum atomic E-state index is -0.977. The molecule has 2 aromatic rings. The van der Waals surface area contributed by atoms with Gasteiger partial charge in [-0.15, -0.1) is 0 Å². The zero-order chi connectivity index (χ0) is 12.4. The normalized spacial score (nSPS) is 10.2. The van der Waals surface area contributed by atoms with Crippen molar-refractivity contribution in [2.24, 2.45) is 0 Å². The van der Waals surface area contributed by atoms with Crippen LogP contribution in [0.4, 0.5) is 20.4 Å². The molecule has 0 unspecified atom stereocenters. The van der Waals surface area contributed by atoms with E-state index in [-0.39, 0.29) is 11.5 Å². The van der Waals surface area contributed by atoms with Gasteiger partial charge >= 0.3 is 0 Å². The van der Waals surface area contributed by atoms with Crippen LogP contribution in [0.3, 0.4) is 0 Å². The molecular formula is C10H8F2N4O. The zero-order valence-electron chi connectivity index (χ0n) is 8.50. The summed E-state index contributed by atoms with van der Waals surface area (Å²) in [4.78, 5) is 18.0. The lowest BCUT2D eigenvalue weighted by molar-refractivity contribution is 0.102. The molecule has 88 valence electrons. The summed E-state index contributed by atoms with van der Waals surface area (Å²) in [6.07, 6.45) is 2.93. The van der Waals surface area contributed by atoms with E-state index in [2.05, 4.69) is 15.3 Å². The molecule has 0 bridgehead atoms. The first kappa shape index (κ1) is 11.1. The van der Waals surface area contributed by atoms with Gasteiger partial charge in [-0.1, -0.05) is 0 Å². The number of H-pyrrole nitrogens is 1. The maximum atomic E-state index is 13.1. The highest BCUT2D eigenvalue weighted by atomic mass is 19.1. The van der Waals surface area contributed by atoms with E-state index in [0.29, 0.717) is 0 Å². The van der Waals surface area contributed by atoms with Gasteiger partial charge in [0.2, 0.25) is 5.95 Å². The standard InChI is InChI=1S/C10H8F2N4O/c11-6-3-5(4-7(12)8(6)13)9(17)16-10-14-1-2-15-10/h1-4H,13H2,(H2,14,15,16,17). The molecule has 0 saturated carbocycles. The average molecular weight is 238 g/mol. The molecule has 1 heterocycles. The Morgan fingerprint density at radius 1 is 1.35 bits per heavy atom. The summed E-state index contributed by atoms with van der Waals surface area (Å²) in [5.41, 5.74) is 4.30. The minimum Gasteiger partial charge on any atom is -0.394 e. The van der Waals surface area contributed by atoms with Crippen molar-refractivity contribution in [3.8, 4) is 0 Å². The van der Waals surface area contributed by atoms with Crippen LogP contribution in [0.5, 0.6) is 0 Å². The Hall–Kier alpha value is -2.44. The number of imidazole rings is 1. The Bertz CT molecular complexity index is 530. The van der Waals surface area contributed by atoms with Gasteiger partial charge in [0.25, 0.3) is 5.91 Å². The maximum absolute atomic E-state index is 13.1. The van der Waals surface area contributed by atoms with Gasteiger partial charge < -0.3 is 10.7 Å². The molecule has 0 radical (unpaired) electrons. The summed E-state index contributed by atoms with van der Waals surface area (Å²) in [5, 5.41) is 2.33. The molecule has 2 rings (SSSR count). The van der Waals surface area contributed by atoms with Crippen LogP contribution in [0.15, 0.2) is 24.5 Å². The molecule has 1 aromatic heterocycles. The van der Waals surface area contributed by atoms with Crippen LogP contribution in [-0.2, 0) is 0 Å². The number of nitrogen functional groups attached to an aromatic ring is 1. The fourth-order valence-corrected chi connectivity index (χ4v) is 1.23. The number of nitrogens with one attached hydrogen (secondary N) is 2. The van der Waals surface area contributed by atoms with Crippen molar-refractivity contribution in [1.82, 2.24) is 9.97 Å². The Morgan fingerprint density at radius 2 is 2.00 bits per heavy atom. The lowest BCUT2D eigenvalue weighted by Gasteiger charge is -2.04. The van der Waals surface area contributed by atoms with Crippen LogP contribution < -0.4 is 11.1 Å². The van der Waals surface area contributed by atoms with Gasteiger partial charge in [-0.05, 0) is 12.1 Å². The van der Waals surface area contributed by atoms with Gasteiger partial charge in [-0.3, -0.25) is 10.1 Å². The third-order valence-corrected chi connectivity index (χ3v) is 2.07. The lowest BCUT2D eigenvalue weighted by atomic mass is 10.2. The van der Waals surface area contributed by atoms with Crippen LogP contribution in [0.1, 0.15) is 10.4 Å². The number of aromatic nitrogens is 2. The van der Waals surface area contributed by atoms with E-state index in [4.69, 9.17) is 5.73 Å². The number of aromatic amines is 1. The van der Waals surface area contributed by atoms with Crippen molar-refractivity contribution < 1.29 is 13.6 Å². The molecule has 0 aliphatic rings. The number of anilines is 2. The van der Waals surface area contributed by atoms with Gasteiger partial charge in [0.15, 0.2) is 0 Å². The highest BCUT2D eigenvalue weighted by molar-refractivity contribution is 6.03. The fraction of sp³-hybridized carbons (Fsp3) is 0. The average Bonchev–Trinajstić information content (AvgIpc) is 2.77. The molecule has 1 aromatic carbocycles. The van der Waals surface area contributed by atoms with E-state index in [1.165, 1.54) is 12.4 Å². The number of hydrogen-bond acceptors (Lipinski definition) is 3. The Kier molecular flexibility index (Phi) is 2.73. The number of carbonyl (C=O) groups is 1. The second kappa shape index (κ2) is 4.20. The first-order chi connectivity index (χ1) is 8.08. The summed E-state index contributed by atoms with van der Waals surface area (Å²) in [6.45, 7) is 0. The van der Waals surface area contributed by atoms with E-state index in [9.17, 15) is 13.6 Å². The summed E-state index contributed by atoms with van der Waals surface area (Å²) < 4.78 is 26.2. The number of hydrogen-bond donors (Lipinski definition) is 3. The van der Waals surface area contributed by atoms with Gasteiger partial charge in [-0.25, -0.2) is 13.8 Å². The molecular weight excluding hydrogens is 230 g/mol. The van der Waals surface area contributed by atoms with Gasteiger partial charge in [-0.2, -0.15) is 0 Å². The van der Waals surface area contributed by atoms with Crippen LogP contribution in [0.25, 0.3) is 0 Å². The van der Waals surface area contributed by atoms with Crippen molar-refractivity contribution in [2.45, 2.75) is 0 Å². The number of nitrogens with two attached hydrogens (primary N) is 1. The molecule has 0 fully saturated rings. The van der Waals surface area contributed by atoms with Crippen LogP contribution in [0.2, 0.25) is 0 Å². The number of nitrogens with zero attached hydrogens (tertiary/aromatic N) is 1. The number of amides is 1. The van der Waals surface area contributed by atoms with Crippen LogP contribution in [0, 0.1) is 11.6 Å².